The van der Waals surface area contributed by atoms with Gasteiger partial charge < -0.3 is 5.32 Å². The molecular weight excluding hydrogens is 208 g/mol. The summed E-state index contributed by atoms with van der Waals surface area (Å²) < 4.78 is 26.3. The molecule has 0 atom stereocenters. The van der Waals surface area contributed by atoms with Crippen molar-refractivity contribution in [2.45, 2.75) is 6.92 Å². The van der Waals surface area contributed by atoms with Crippen LogP contribution >= 0.6 is 0 Å². The lowest BCUT2D eigenvalue weighted by molar-refractivity contribution is 0.512. The van der Waals surface area contributed by atoms with Crippen molar-refractivity contribution >= 4 is 11.4 Å². The van der Waals surface area contributed by atoms with Gasteiger partial charge in [0.15, 0.2) is 11.6 Å². The number of halogens is 2. The molecule has 2 aromatic rings. The Hall–Kier alpha value is -1.90. The first-order chi connectivity index (χ1) is 7.66. The van der Waals surface area contributed by atoms with E-state index in [-0.39, 0.29) is 5.69 Å². The lowest BCUT2D eigenvalue weighted by Crippen LogP contribution is -1.95. The highest BCUT2D eigenvalue weighted by molar-refractivity contribution is 5.60. The highest BCUT2D eigenvalue weighted by Crippen LogP contribution is 2.21. The number of nitrogens with one attached hydrogen (secondary N) is 1. The van der Waals surface area contributed by atoms with Gasteiger partial charge in [0, 0.05) is 5.69 Å². The van der Waals surface area contributed by atoms with Crippen LogP contribution in [0.3, 0.4) is 0 Å². The third-order valence-corrected chi connectivity index (χ3v) is 2.28. The van der Waals surface area contributed by atoms with E-state index in [1.54, 1.807) is 0 Å². The Kier molecular flexibility index (Phi) is 2.86. The largest absolute Gasteiger partial charge is 0.353 e. The van der Waals surface area contributed by atoms with Crippen LogP contribution < -0.4 is 5.32 Å². The van der Waals surface area contributed by atoms with Crippen LogP contribution in [0.4, 0.5) is 20.2 Å². The molecule has 3 heteroatoms. The SMILES string of the molecule is Cc1ccc(Nc2cccc(F)c2F)cc1. The maximum Gasteiger partial charge on any atom is 0.182 e. The van der Waals surface area contributed by atoms with Gasteiger partial charge in [-0.2, -0.15) is 0 Å². The third-order valence-electron chi connectivity index (χ3n) is 2.28. The predicted octanol–water partition coefficient (Wildman–Crippen LogP) is 4.02. The molecule has 1 nitrogen and oxygen atoms in total. The summed E-state index contributed by atoms with van der Waals surface area (Å²) in [5.74, 6) is -1.71. The molecule has 2 aromatic carbocycles. The molecule has 1 N–H and O–H groups in total. The molecule has 0 aliphatic heterocycles. The molecule has 0 fully saturated rings. The van der Waals surface area contributed by atoms with Crippen molar-refractivity contribution in [1.29, 1.82) is 0 Å². The minimum absolute atomic E-state index is 0.142. The molecule has 0 radical (unpaired) electrons. The van der Waals surface area contributed by atoms with Gasteiger partial charge in [0.1, 0.15) is 0 Å². The van der Waals surface area contributed by atoms with Gasteiger partial charge in [0.25, 0.3) is 0 Å². The minimum Gasteiger partial charge on any atom is -0.353 e. The van der Waals surface area contributed by atoms with E-state index < -0.39 is 11.6 Å². The fraction of sp³-hybridized carbons (Fsp3) is 0.0769. The van der Waals surface area contributed by atoms with Crippen molar-refractivity contribution in [3.63, 3.8) is 0 Å². The van der Waals surface area contributed by atoms with Crippen LogP contribution in [0.5, 0.6) is 0 Å². The number of hydrogen-bond donors (Lipinski definition) is 1. The Morgan fingerprint density at radius 2 is 1.62 bits per heavy atom. The molecule has 0 heterocycles. The number of benzene rings is 2. The monoisotopic (exact) mass is 219 g/mol. The Morgan fingerprint density at radius 1 is 0.938 bits per heavy atom. The van der Waals surface area contributed by atoms with Crippen LogP contribution in [0.25, 0.3) is 0 Å². The van der Waals surface area contributed by atoms with Gasteiger partial charge in [-0.15, -0.1) is 0 Å². The summed E-state index contributed by atoms with van der Waals surface area (Å²) in [5, 5.41) is 2.83. The molecule has 0 aromatic heterocycles. The summed E-state index contributed by atoms with van der Waals surface area (Å²) in [5.41, 5.74) is 1.99. The number of anilines is 2. The van der Waals surface area contributed by atoms with Gasteiger partial charge in [-0.25, -0.2) is 8.78 Å². The first kappa shape index (κ1) is 10.6. The summed E-state index contributed by atoms with van der Waals surface area (Å²) in [6.45, 7) is 1.96. The van der Waals surface area contributed by atoms with Crippen LogP contribution in [0.1, 0.15) is 5.56 Å². The zero-order valence-electron chi connectivity index (χ0n) is 8.80. The standard InChI is InChI=1S/C13H11F2N/c1-9-5-7-10(8-6-9)16-12-4-2-3-11(14)13(12)15/h2-8,16H,1H3. The highest BCUT2D eigenvalue weighted by atomic mass is 19.2. The fourth-order valence-corrected chi connectivity index (χ4v) is 1.39. The van der Waals surface area contributed by atoms with Crippen molar-refractivity contribution in [3.8, 4) is 0 Å². The Labute approximate surface area is 92.7 Å². The smallest absolute Gasteiger partial charge is 0.182 e. The minimum atomic E-state index is -0.858. The molecule has 2 rings (SSSR count). The van der Waals surface area contributed by atoms with Crippen molar-refractivity contribution in [2.75, 3.05) is 5.32 Å². The number of rotatable bonds is 2. The quantitative estimate of drug-likeness (QED) is 0.804. The average Bonchev–Trinajstić information content (AvgIpc) is 2.28. The lowest BCUT2D eigenvalue weighted by Gasteiger charge is -2.07. The average molecular weight is 219 g/mol. The van der Waals surface area contributed by atoms with Gasteiger partial charge in [-0.1, -0.05) is 23.8 Å². The predicted molar refractivity (Wildman–Crippen MR) is 60.8 cm³/mol. The normalized spacial score (nSPS) is 10.2. The van der Waals surface area contributed by atoms with Crippen LogP contribution in [-0.2, 0) is 0 Å². The van der Waals surface area contributed by atoms with Crippen molar-refractivity contribution < 1.29 is 8.78 Å². The summed E-state index contributed by atoms with van der Waals surface area (Å²) in [4.78, 5) is 0. The zero-order valence-corrected chi connectivity index (χ0v) is 8.80. The lowest BCUT2D eigenvalue weighted by atomic mass is 10.2. The highest BCUT2D eigenvalue weighted by Gasteiger charge is 2.06. The Balaban J connectivity index is 2.27. The van der Waals surface area contributed by atoms with E-state index in [0.29, 0.717) is 0 Å². The molecule has 0 aliphatic rings. The van der Waals surface area contributed by atoms with E-state index in [1.165, 1.54) is 12.1 Å². The van der Waals surface area contributed by atoms with Crippen molar-refractivity contribution in [3.05, 3.63) is 59.7 Å². The topological polar surface area (TPSA) is 12.0 Å². The van der Waals surface area contributed by atoms with E-state index in [2.05, 4.69) is 5.32 Å². The van der Waals surface area contributed by atoms with Gasteiger partial charge in [0.2, 0.25) is 0 Å². The number of hydrogen-bond acceptors (Lipinski definition) is 1. The molecule has 0 saturated heterocycles. The maximum absolute atomic E-state index is 13.3. The maximum atomic E-state index is 13.3. The van der Waals surface area contributed by atoms with Gasteiger partial charge >= 0.3 is 0 Å². The Morgan fingerprint density at radius 3 is 2.31 bits per heavy atom. The van der Waals surface area contributed by atoms with Gasteiger partial charge in [-0.05, 0) is 31.2 Å². The second-order valence-electron chi connectivity index (χ2n) is 3.59. The Bertz CT molecular complexity index is 492. The molecular formula is C13H11F2N. The number of aryl methyl sites for hydroxylation is 1. The van der Waals surface area contributed by atoms with Crippen LogP contribution in [0, 0.1) is 18.6 Å². The molecule has 16 heavy (non-hydrogen) atoms. The summed E-state index contributed by atoms with van der Waals surface area (Å²) in [6.07, 6.45) is 0. The zero-order chi connectivity index (χ0) is 11.5. The van der Waals surface area contributed by atoms with E-state index >= 15 is 0 Å². The summed E-state index contributed by atoms with van der Waals surface area (Å²) in [6, 6.07) is 11.5. The van der Waals surface area contributed by atoms with E-state index in [0.717, 1.165) is 17.3 Å². The third kappa shape index (κ3) is 2.19. The molecule has 0 bridgehead atoms. The van der Waals surface area contributed by atoms with Crippen LogP contribution in [-0.4, -0.2) is 0 Å². The first-order valence-electron chi connectivity index (χ1n) is 4.94. The van der Waals surface area contributed by atoms with Gasteiger partial charge in [-0.3, -0.25) is 0 Å². The van der Waals surface area contributed by atoms with Gasteiger partial charge in [0.05, 0.1) is 5.69 Å². The van der Waals surface area contributed by atoms with E-state index in [4.69, 9.17) is 0 Å². The second kappa shape index (κ2) is 4.31. The van der Waals surface area contributed by atoms with Crippen LogP contribution in [0.2, 0.25) is 0 Å². The fourth-order valence-electron chi connectivity index (χ4n) is 1.39. The summed E-state index contributed by atoms with van der Waals surface area (Å²) >= 11 is 0. The molecule has 0 aliphatic carbocycles. The molecule has 0 spiro atoms. The second-order valence-corrected chi connectivity index (χ2v) is 3.59. The van der Waals surface area contributed by atoms with E-state index in [1.807, 2.05) is 31.2 Å². The van der Waals surface area contributed by atoms with E-state index in [9.17, 15) is 8.78 Å². The molecule has 0 saturated carbocycles. The molecule has 0 amide bonds. The van der Waals surface area contributed by atoms with Crippen LogP contribution in [0.15, 0.2) is 42.5 Å². The first-order valence-corrected chi connectivity index (χ1v) is 4.94. The summed E-state index contributed by atoms with van der Waals surface area (Å²) in [7, 11) is 0. The van der Waals surface area contributed by atoms with Crippen molar-refractivity contribution in [2.24, 2.45) is 0 Å². The molecule has 82 valence electrons. The molecule has 0 unspecified atom stereocenters. The van der Waals surface area contributed by atoms with Crippen molar-refractivity contribution in [1.82, 2.24) is 0 Å².